The Morgan fingerprint density at radius 1 is 0.975 bits per heavy atom. The predicted molar refractivity (Wildman–Crippen MR) is 157 cm³/mol. The van der Waals surface area contributed by atoms with Crippen molar-refractivity contribution in [1.29, 1.82) is 0 Å². The van der Waals surface area contributed by atoms with Crippen LogP contribution in [0.5, 0.6) is 0 Å². The van der Waals surface area contributed by atoms with Gasteiger partial charge in [0.05, 0.1) is 6.61 Å². The van der Waals surface area contributed by atoms with Crippen molar-refractivity contribution in [3.8, 4) is 0 Å². The molecular formula is C28H43N3O7Si2. The van der Waals surface area contributed by atoms with Gasteiger partial charge in [-0.15, -0.1) is 0 Å². The number of carbonyl (C=O) groups is 1. The molecule has 4 rings (SSSR count). The van der Waals surface area contributed by atoms with Crippen LogP contribution in [-0.2, 0) is 17.7 Å². The zero-order valence-corrected chi connectivity index (χ0v) is 26.7. The van der Waals surface area contributed by atoms with Crippen molar-refractivity contribution in [2.45, 2.75) is 102 Å². The summed E-state index contributed by atoms with van der Waals surface area (Å²) in [5.74, 6) is -0.268. The van der Waals surface area contributed by atoms with Crippen molar-refractivity contribution in [3.05, 3.63) is 58.6 Å². The van der Waals surface area contributed by atoms with Crippen molar-refractivity contribution < 1.29 is 27.6 Å². The van der Waals surface area contributed by atoms with Gasteiger partial charge in [-0.1, -0.05) is 73.6 Å². The van der Waals surface area contributed by atoms with Crippen molar-refractivity contribution in [2.24, 2.45) is 0 Å². The fourth-order valence-electron chi connectivity index (χ4n) is 5.82. The predicted octanol–water partition coefficient (Wildman–Crippen LogP) is 4.71. The number of rotatable bonds is 7. The highest BCUT2D eigenvalue weighted by molar-refractivity contribution is 6.84. The number of nitrogens with one attached hydrogen (secondary N) is 1. The minimum absolute atomic E-state index is 0.0855. The summed E-state index contributed by atoms with van der Waals surface area (Å²) < 4.78 is 28.3. The van der Waals surface area contributed by atoms with Gasteiger partial charge >= 0.3 is 22.8 Å². The second-order valence-electron chi connectivity index (χ2n) is 11.9. The first-order valence-corrected chi connectivity index (χ1v) is 18.1. The Kier molecular flexibility index (Phi) is 9.20. The largest absolute Gasteiger partial charge is 0.414 e. The summed E-state index contributed by atoms with van der Waals surface area (Å²) in [5, 5.41) is 14.1. The molecule has 0 aliphatic carbocycles. The number of fused-ring (bicyclic) bond motifs is 1. The van der Waals surface area contributed by atoms with E-state index in [1.165, 1.54) is 16.8 Å². The third-order valence-corrected chi connectivity index (χ3v) is 18.3. The molecule has 10 nitrogen and oxygen atoms in total. The van der Waals surface area contributed by atoms with Gasteiger partial charge in [0.15, 0.2) is 6.23 Å². The number of ether oxygens (including phenoxy) is 1. The van der Waals surface area contributed by atoms with Crippen molar-refractivity contribution in [1.82, 2.24) is 9.55 Å². The minimum atomic E-state index is -2.97. The Morgan fingerprint density at radius 2 is 1.57 bits per heavy atom. The molecule has 2 saturated heterocycles. The number of aliphatic hydroxyl groups is 1. The molecule has 40 heavy (non-hydrogen) atoms. The fraction of sp³-hybridized carbons (Fsp3) is 0.607. The quantitative estimate of drug-likeness (QED) is 0.446. The SMILES string of the molecule is CC(C)[Si]1(C(C)C)OC[C@@H]2O[C@@H](n3ccc(NC(=O)c4ccccc4)nc3=O)[C@@H](O)C2O[Si](C(C)C)(C(C)C)O1. The summed E-state index contributed by atoms with van der Waals surface area (Å²) >= 11 is 0. The van der Waals surface area contributed by atoms with E-state index in [9.17, 15) is 14.7 Å². The van der Waals surface area contributed by atoms with Gasteiger partial charge in [0.25, 0.3) is 5.91 Å². The van der Waals surface area contributed by atoms with Crippen LogP contribution >= 0.6 is 0 Å². The number of aliphatic hydroxyl groups excluding tert-OH is 1. The maximum Gasteiger partial charge on any atom is 0.351 e. The number of benzene rings is 1. The Hall–Kier alpha value is -2.20. The summed E-state index contributed by atoms with van der Waals surface area (Å²) in [4.78, 5) is 29.6. The van der Waals surface area contributed by atoms with E-state index in [1.54, 1.807) is 24.3 Å². The standard InChI is InChI=1S/C28H43N3O7Si2/c1-17(2)39(18(3)4)35-16-22-25(37-40(38-39,19(5)6)20(7)8)24(32)27(36-22)31-15-14-23(30-28(31)34)29-26(33)21-12-10-9-11-13-21/h9-15,17-20,22,24-25,27,32H,16H2,1-8H3,(H,29,30,33,34)/t22-,24-,25?,27+/m0/s1. The van der Waals surface area contributed by atoms with Crippen LogP contribution in [0.1, 0.15) is 72.0 Å². The van der Waals surface area contributed by atoms with E-state index in [2.05, 4.69) is 65.7 Å². The van der Waals surface area contributed by atoms with Gasteiger partial charge in [0.2, 0.25) is 0 Å². The Labute approximate surface area is 238 Å². The van der Waals surface area contributed by atoms with Gasteiger partial charge < -0.3 is 28.1 Å². The molecule has 1 aromatic carbocycles. The van der Waals surface area contributed by atoms with Gasteiger partial charge in [-0.25, -0.2) is 4.79 Å². The Balaban J connectivity index is 1.64. The summed E-state index contributed by atoms with van der Waals surface area (Å²) in [6.07, 6.45) is -2.05. The molecule has 3 heterocycles. The molecule has 12 heteroatoms. The Morgan fingerprint density at radius 3 is 2.12 bits per heavy atom. The lowest BCUT2D eigenvalue weighted by molar-refractivity contribution is -0.0600. The monoisotopic (exact) mass is 589 g/mol. The zero-order chi connectivity index (χ0) is 29.4. The normalized spacial score (nSPS) is 26.1. The molecule has 1 amide bonds. The molecule has 4 atom stereocenters. The summed E-state index contributed by atoms with van der Waals surface area (Å²) in [6.45, 7) is 17.2. The molecule has 2 aromatic rings. The highest BCUT2D eigenvalue weighted by atomic mass is 28.5. The second-order valence-corrected chi connectivity index (χ2v) is 20.8. The van der Waals surface area contributed by atoms with Gasteiger partial charge in [0, 0.05) is 11.8 Å². The molecule has 1 unspecified atom stereocenters. The molecule has 2 aliphatic heterocycles. The number of aromatic nitrogens is 2. The third kappa shape index (κ3) is 5.63. The zero-order valence-electron chi connectivity index (χ0n) is 24.7. The van der Waals surface area contributed by atoms with Crippen LogP contribution in [0, 0.1) is 0 Å². The molecule has 0 radical (unpaired) electrons. The van der Waals surface area contributed by atoms with E-state index in [0.717, 1.165) is 0 Å². The lowest BCUT2D eigenvalue weighted by Crippen LogP contribution is -2.65. The maximum atomic E-state index is 13.1. The number of amides is 1. The van der Waals surface area contributed by atoms with Crippen LogP contribution in [0.2, 0.25) is 22.2 Å². The number of carbonyl (C=O) groups excluding carboxylic acids is 1. The summed E-state index contributed by atoms with van der Waals surface area (Å²) in [6, 6.07) is 10.2. The molecule has 2 aliphatic rings. The molecule has 220 valence electrons. The van der Waals surface area contributed by atoms with Crippen molar-refractivity contribution >= 4 is 28.8 Å². The highest BCUT2D eigenvalue weighted by Crippen LogP contribution is 2.48. The number of hydrogen-bond acceptors (Lipinski definition) is 8. The smallest absolute Gasteiger partial charge is 0.351 e. The molecule has 0 bridgehead atoms. The number of anilines is 1. The van der Waals surface area contributed by atoms with E-state index in [-0.39, 0.29) is 40.5 Å². The van der Waals surface area contributed by atoms with Gasteiger partial charge in [-0.2, -0.15) is 4.98 Å². The van der Waals surface area contributed by atoms with Crippen LogP contribution < -0.4 is 11.0 Å². The van der Waals surface area contributed by atoms with Crippen molar-refractivity contribution in [2.75, 3.05) is 11.9 Å². The third-order valence-electron chi connectivity index (χ3n) is 8.02. The first kappa shape index (κ1) is 30.8. The molecule has 0 saturated carbocycles. The first-order chi connectivity index (χ1) is 18.8. The van der Waals surface area contributed by atoms with Crippen LogP contribution in [0.15, 0.2) is 47.4 Å². The van der Waals surface area contributed by atoms with Gasteiger partial charge in [0.1, 0.15) is 24.1 Å². The van der Waals surface area contributed by atoms with Crippen LogP contribution in [0.3, 0.4) is 0 Å². The summed E-state index contributed by atoms with van der Waals surface area (Å²) in [5.41, 5.74) is 0.300. The average molecular weight is 590 g/mol. The Bertz CT molecular complexity index is 1220. The van der Waals surface area contributed by atoms with Gasteiger partial charge in [-0.3, -0.25) is 9.36 Å². The van der Waals surface area contributed by atoms with Crippen LogP contribution in [0.4, 0.5) is 5.82 Å². The number of nitrogens with zero attached hydrogens (tertiary/aromatic N) is 2. The van der Waals surface area contributed by atoms with E-state index >= 15 is 0 Å². The lowest BCUT2D eigenvalue weighted by atomic mass is 10.1. The topological polar surface area (TPSA) is 121 Å². The molecule has 2 N–H and O–H groups in total. The van der Waals surface area contributed by atoms with Crippen molar-refractivity contribution in [3.63, 3.8) is 0 Å². The molecular weight excluding hydrogens is 546 g/mol. The second kappa shape index (κ2) is 12.0. The highest BCUT2D eigenvalue weighted by Gasteiger charge is 2.61. The van der Waals surface area contributed by atoms with Crippen LogP contribution in [0.25, 0.3) is 0 Å². The lowest BCUT2D eigenvalue weighted by Gasteiger charge is -2.51. The first-order valence-electron chi connectivity index (χ1n) is 14.1. The average Bonchev–Trinajstić information content (AvgIpc) is 3.18. The summed E-state index contributed by atoms with van der Waals surface area (Å²) in [7, 11) is -5.74. The van der Waals surface area contributed by atoms with E-state index in [1.807, 2.05) is 6.07 Å². The van der Waals surface area contributed by atoms with E-state index < -0.39 is 47.4 Å². The molecule has 1 aromatic heterocycles. The molecule has 0 spiro atoms. The maximum absolute atomic E-state index is 13.1. The minimum Gasteiger partial charge on any atom is -0.414 e. The fourth-order valence-corrected chi connectivity index (χ4v) is 17.0. The van der Waals surface area contributed by atoms with Gasteiger partial charge in [-0.05, 0) is 40.4 Å². The molecule has 2 fully saturated rings. The van der Waals surface area contributed by atoms with Crippen LogP contribution in [-0.4, -0.2) is 62.6 Å². The van der Waals surface area contributed by atoms with E-state index in [4.69, 9.17) is 17.7 Å². The number of hydrogen-bond donors (Lipinski definition) is 2. The van der Waals surface area contributed by atoms with E-state index in [0.29, 0.717) is 5.56 Å².